The van der Waals surface area contributed by atoms with Gasteiger partial charge in [0, 0.05) is 11.1 Å². The zero-order chi connectivity index (χ0) is 18.4. The highest BCUT2D eigenvalue weighted by atomic mass is 16.5. The molecule has 5 rings (SSSR count). The second-order valence-electron chi connectivity index (χ2n) is 6.90. The maximum absolute atomic E-state index is 9.25. The van der Waals surface area contributed by atoms with E-state index in [0.717, 1.165) is 51.8 Å². The molecule has 2 aromatic carbocycles. The van der Waals surface area contributed by atoms with E-state index in [-0.39, 0.29) is 6.04 Å². The number of anilines is 1. The lowest BCUT2D eigenvalue weighted by Crippen LogP contribution is -2.07. The second-order valence-corrected chi connectivity index (χ2v) is 6.90. The number of nitriles is 1. The smallest absolute Gasteiger partial charge is 0.133 e. The number of rotatable bonds is 3. The zero-order valence-corrected chi connectivity index (χ0v) is 14.8. The van der Waals surface area contributed by atoms with Gasteiger partial charge in [-0.3, -0.25) is 5.10 Å². The minimum Gasteiger partial charge on any atom is -0.378 e. The monoisotopic (exact) mass is 355 g/mol. The van der Waals surface area contributed by atoms with Gasteiger partial charge in [0.2, 0.25) is 0 Å². The van der Waals surface area contributed by atoms with Crippen LogP contribution in [0.2, 0.25) is 0 Å². The SMILES string of the molecule is Cc1c(C#N)ccc2c1CC[C@H]2Nc1ccc2[nH]nc(-c3cnoc3)c2c1. The molecule has 4 aromatic rings. The van der Waals surface area contributed by atoms with Crippen molar-refractivity contribution in [1.29, 1.82) is 5.26 Å². The lowest BCUT2D eigenvalue weighted by molar-refractivity contribution is 0.420. The zero-order valence-electron chi connectivity index (χ0n) is 14.8. The maximum Gasteiger partial charge on any atom is 0.133 e. The van der Waals surface area contributed by atoms with Crippen LogP contribution >= 0.6 is 0 Å². The van der Waals surface area contributed by atoms with Crippen molar-refractivity contribution in [2.45, 2.75) is 25.8 Å². The molecule has 0 amide bonds. The van der Waals surface area contributed by atoms with Crippen LogP contribution in [0, 0.1) is 18.3 Å². The Balaban J connectivity index is 1.49. The van der Waals surface area contributed by atoms with Gasteiger partial charge in [0.05, 0.1) is 35.0 Å². The van der Waals surface area contributed by atoms with Crippen LogP contribution in [0.1, 0.15) is 34.7 Å². The van der Waals surface area contributed by atoms with E-state index in [2.05, 4.69) is 44.9 Å². The Kier molecular flexibility index (Phi) is 3.47. The molecule has 0 radical (unpaired) electrons. The Bertz CT molecular complexity index is 1180. The van der Waals surface area contributed by atoms with E-state index in [9.17, 15) is 5.26 Å². The van der Waals surface area contributed by atoms with E-state index < -0.39 is 0 Å². The van der Waals surface area contributed by atoms with E-state index in [1.165, 1.54) is 11.1 Å². The third kappa shape index (κ3) is 2.48. The van der Waals surface area contributed by atoms with Gasteiger partial charge in [0.15, 0.2) is 0 Å². The lowest BCUT2D eigenvalue weighted by atomic mass is 9.98. The summed E-state index contributed by atoms with van der Waals surface area (Å²) < 4.78 is 4.95. The molecule has 0 bridgehead atoms. The predicted molar refractivity (Wildman–Crippen MR) is 102 cm³/mol. The standard InChI is InChI=1S/C21H17N5O/c1-12-13(9-22)2-4-17-16(12)5-7-19(17)24-15-3-6-20-18(8-15)21(26-25-20)14-10-23-27-11-14/h2-4,6,8,10-11,19,24H,5,7H2,1H3,(H,25,26)/t19-/m1/s1. The summed E-state index contributed by atoms with van der Waals surface area (Å²) in [6.07, 6.45) is 5.28. The molecule has 6 heteroatoms. The van der Waals surface area contributed by atoms with Crippen molar-refractivity contribution in [3.63, 3.8) is 0 Å². The third-order valence-electron chi connectivity index (χ3n) is 5.42. The molecule has 0 spiro atoms. The first kappa shape index (κ1) is 15.6. The Hall–Kier alpha value is -3.59. The summed E-state index contributed by atoms with van der Waals surface area (Å²) in [4.78, 5) is 0. The highest BCUT2D eigenvalue weighted by Gasteiger charge is 2.25. The van der Waals surface area contributed by atoms with Gasteiger partial charge in [-0.1, -0.05) is 11.2 Å². The van der Waals surface area contributed by atoms with E-state index in [4.69, 9.17) is 4.52 Å². The van der Waals surface area contributed by atoms with Crippen molar-refractivity contribution >= 4 is 16.6 Å². The van der Waals surface area contributed by atoms with Crippen LogP contribution in [-0.4, -0.2) is 15.4 Å². The maximum atomic E-state index is 9.25. The molecule has 0 fully saturated rings. The third-order valence-corrected chi connectivity index (χ3v) is 5.42. The van der Waals surface area contributed by atoms with E-state index in [0.29, 0.717) is 0 Å². The Morgan fingerprint density at radius 1 is 1.30 bits per heavy atom. The van der Waals surface area contributed by atoms with Gasteiger partial charge < -0.3 is 9.84 Å². The summed E-state index contributed by atoms with van der Waals surface area (Å²) >= 11 is 0. The first-order chi connectivity index (χ1) is 13.2. The van der Waals surface area contributed by atoms with Gasteiger partial charge in [-0.25, -0.2) is 0 Å². The van der Waals surface area contributed by atoms with E-state index in [1.807, 2.05) is 19.1 Å². The summed E-state index contributed by atoms with van der Waals surface area (Å²) in [5.74, 6) is 0. The summed E-state index contributed by atoms with van der Waals surface area (Å²) in [7, 11) is 0. The quantitative estimate of drug-likeness (QED) is 0.565. The first-order valence-corrected chi connectivity index (χ1v) is 8.91. The second kappa shape index (κ2) is 5.99. The molecule has 0 aliphatic heterocycles. The number of hydrogen-bond acceptors (Lipinski definition) is 5. The predicted octanol–water partition coefficient (Wildman–Crippen LogP) is 4.50. The van der Waals surface area contributed by atoms with Gasteiger partial charge in [0.1, 0.15) is 12.0 Å². The van der Waals surface area contributed by atoms with Crippen molar-refractivity contribution in [1.82, 2.24) is 15.4 Å². The number of nitrogens with zero attached hydrogens (tertiary/aromatic N) is 3. The number of H-pyrrole nitrogens is 1. The van der Waals surface area contributed by atoms with Crippen molar-refractivity contribution in [3.8, 4) is 17.3 Å². The summed E-state index contributed by atoms with van der Waals surface area (Å²) in [5.41, 5.74) is 8.17. The van der Waals surface area contributed by atoms with Gasteiger partial charge in [-0.2, -0.15) is 10.4 Å². The summed E-state index contributed by atoms with van der Waals surface area (Å²) in [5, 5.41) is 25.1. The molecule has 0 saturated carbocycles. The highest BCUT2D eigenvalue weighted by molar-refractivity contribution is 5.94. The average molecular weight is 355 g/mol. The summed E-state index contributed by atoms with van der Waals surface area (Å²) in [6, 6.07) is 12.7. The molecule has 1 atom stereocenters. The molecule has 1 aliphatic carbocycles. The molecule has 0 unspecified atom stereocenters. The normalized spacial score (nSPS) is 15.6. The molecule has 132 valence electrons. The number of fused-ring (bicyclic) bond motifs is 2. The fourth-order valence-corrected chi connectivity index (χ4v) is 4.00. The molecule has 2 heterocycles. The van der Waals surface area contributed by atoms with Crippen LogP contribution in [0.3, 0.4) is 0 Å². The van der Waals surface area contributed by atoms with Crippen molar-refractivity contribution in [2.75, 3.05) is 5.32 Å². The Morgan fingerprint density at radius 2 is 2.22 bits per heavy atom. The molecule has 0 saturated heterocycles. The molecular formula is C21H17N5O. The van der Waals surface area contributed by atoms with Gasteiger partial charge in [0.25, 0.3) is 0 Å². The Labute approximate surface area is 155 Å². The fourth-order valence-electron chi connectivity index (χ4n) is 4.00. The molecule has 2 N–H and O–H groups in total. The topological polar surface area (TPSA) is 90.5 Å². The Morgan fingerprint density at radius 3 is 3.04 bits per heavy atom. The highest BCUT2D eigenvalue weighted by Crippen LogP contribution is 2.37. The largest absolute Gasteiger partial charge is 0.378 e. The van der Waals surface area contributed by atoms with Gasteiger partial charge in [-0.05, 0) is 60.7 Å². The van der Waals surface area contributed by atoms with Crippen LogP contribution in [0.15, 0.2) is 47.3 Å². The molecule has 2 aromatic heterocycles. The van der Waals surface area contributed by atoms with Crippen molar-refractivity contribution in [3.05, 3.63) is 65.0 Å². The minimum atomic E-state index is 0.245. The molecule has 6 nitrogen and oxygen atoms in total. The summed E-state index contributed by atoms with van der Waals surface area (Å²) in [6.45, 7) is 2.04. The molecular weight excluding hydrogens is 338 g/mol. The fraction of sp³-hybridized carbons (Fsp3) is 0.190. The molecule has 1 aliphatic rings. The van der Waals surface area contributed by atoms with Crippen molar-refractivity contribution in [2.24, 2.45) is 0 Å². The lowest BCUT2D eigenvalue weighted by Gasteiger charge is -2.16. The van der Waals surface area contributed by atoms with Crippen LogP contribution < -0.4 is 5.32 Å². The minimum absolute atomic E-state index is 0.245. The average Bonchev–Trinajstić information content (AvgIpc) is 3.41. The van der Waals surface area contributed by atoms with Gasteiger partial charge in [-0.15, -0.1) is 0 Å². The number of hydrogen-bond donors (Lipinski definition) is 2. The van der Waals surface area contributed by atoms with Crippen LogP contribution in [0.25, 0.3) is 22.2 Å². The number of benzene rings is 2. The van der Waals surface area contributed by atoms with E-state index >= 15 is 0 Å². The molecule has 27 heavy (non-hydrogen) atoms. The van der Waals surface area contributed by atoms with Gasteiger partial charge >= 0.3 is 0 Å². The van der Waals surface area contributed by atoms with Crippen LogP contribution in [0.5, 0.6) is 0 Å². The number of nitrogens with one attached hydrogen (secondary N) is 2. The van der Waals surface area contributed by atoms with Crippen LogP contribution in [-0.2, 0) is 6.42 Å². The number of aromatic amines is 1. The van der Waals surface area contributed by atoms with Crippen molar-refractivity contribution < 1.29 is 4.52 Å². The number of aromatic nitrogens is 3. The van der Waals surface area contributed by atoms with E-state index in [1.54, 1.807) is 12.5 Å². The van der Waals surface area contributed by atoms with Crippen LogP contribution in [0.4, 0.5) is 5.69 Å². The first-order valence-electron chi connectivity index (χ1n) is 8.91.